The van der Waals surface area contributed by atoms with Gasteiger partial charge in [-0.1, -0.05) is 48.5 Å². The van der Waals surface area contributed by atoms with Gasteiger partial charge in [-0.05, 0) is 35.4 Å². The van der Waals surface area contributed by atoms with Gasteiger partial charge in [-0.3, -0.25) is 9.59 Å². The van der Waals surface area contributed by atoms with E-state index in [2.05, 4.69) is 5.32 Å². The van der Waals surface area contributed by atoms with Crippen molar-refractivity contribution in [1.29, 1.82) is 0 Å². The molecule has 7 heteroatoms. The van der Waals surface area contributed by atoms with Gasteiger partial charge in [0.2, 0.25) is 11.8 Å². The van der Waals surface area contributed by atoms with Gasteiger partial charge in [-0.2, -0.15) is 0 Å². The number of nitrogens with one attached hydrogen (secondary N) is 1. The first-order valence-electron chi connectivity index (χ1n) is 9.69. The quantitative estimate of drug-likeness (QED) is 0.553. The van der Waals surface area contributed by atoms with Crippen LogP contribution in [0.25, 0.3) is 0 Å². The molecule has 3 rings (SSSR count). The highest BCUT2D eigenvalue weighted by Gasteiger charge is 2.21. The summed E-state index contributed by atoms with van der Waals surface area (Å²) in [6.45, 7) is 0.383. The van der Waals surface area contributed by atoms with Crippen LogP contribution in [0.4, 0.5) is 8.78 Å². The molecular weight excluding hydrogens is 402 g/mol. The van der Waals surface area contributed by atoms with Crippen LogP contribution in [-0.4, -0.2) is 17.9 Å². The molecule has 0 aliphatic heterocycles. The summed E-state index contributed by atoms with van der Waals surface area (Å²) in [4.78, 5) is 24.1. The third-order valence-corrected chi connectivity index (χ3v) is 4.66. The molecule has 0 aromatic heterocycles. The normalized spacial score (nSPS) is 11.5. The Hall–Kier alpha value is -3.74. The van der Waals surface area contributed by atoms with E-state index in [1.54, 1.807) is 24.3 Å². The number of hydrogen-bond donors (Lipinski definition) is 2. The van der Waals surface area contributed by atoms with Crippen LogP contribution in [0.5, 0.6) is 5.75 Å². The molecule has 0 saturated carbocycles. The van der Waals surface area contributed by atoms with Gasteiger partial charge in [0.15, 0.2) is 0 Å². The zero-order chi connectivity index (χ0) is 22.2. The van der Waals surface area contributed by atoms with Crippen LogP contribution in [0.1, 0.15) is 16.7 Å². The Balaban J connectivity index is 1.63. The number of ether oxygens (including phenoxy) is 1. The first kappa shape index (κ1) is 22.0. The Morgan fingerprint density at radius 1 is 0.903 bits per heavy atom. The van der Waals surface area contributed by atoms with Gasteiger partial charge >= 0.3 is 0 Å². The first-order valence-corrected chi connectivity index (χ1v) is 9.69. The number of halogens is 2. The van der Waals surface area contributed by atoms with Gasteiger partial charge < -0.3 is 15.8 Å². The van der Waals surface area contributed by atoms with Crippen molar-refractivity contribution in [3.63, 3.8) is 0 Å². The Labute approximate surface area is 178 Å². The maximum Gasteiger partial charge on any atom is 0.240 e. The summed E-state index contributed by atoms with van der Waals surface area (Å²) in [5.74, 6) is -2.50. The Kier molecular flexibility index (Phi) is 7.32. The topological polar surface area (TPSA) is 81.4 Å². The molecule has 1 atom stereocenters. The lowest BCUT2D eigenvalue weighted by Gasteiger charge is -2.16. The van der Waals surface area contributed by atoms with E-state index in [0.29, 0.717) is 17.9 Å². The van der Waals surface area contributed by atoms with Gasteiger partial charge in [-0.15, -0.1) is 0 Å². The predicted molar refractivity (Wildman–Crippen MR) is 112 cm³/mol. The standard InChI is InChI=1S/C24H22F2N2O3/c25-20-10-5-11-21(26)19(20)14-23(29)28-22(24(27)30)13-17-8-4-9-18(12-17)31-15-16-6-2-1-3-7-16/h1-12,22H,13-15H2,(H2,27,30)(H,28,29)/t22-/m0/s1. The van der Waals surface area contributed by atoms with Crippen molar-refractivity contribution in [2.45, 2.75) is 25.5 Å². The number of benzene rings is 3. The van der Waals surface area contributed by atoms with E-state index in [1.165, 1.54) is 6.07 Å². The molecule has 2 amide bonds. The van der Waals surface area contributed by atoms with Crippen LogP contribution in [-0.2, 0) is 29.0 Å². The highest BCUT2D eigenvalue weighted by Crippen LogP contribution is 2.17. The highest BCUT2D eigenvalue weighted by atomic mass is 19.1. The second kappa shape index (κ2) is 10.3. The van der Waals surface area contributed by atoms with Crippen molar-refractivity contribution in [1.82, 2.24) is 5.32 Å². The lowest BCUT2D eigenvalue weighted by atomic mass is 10.0. The third-order valence-electron chi connectivity index (χ3n) is 4.66. The summed E-state index contributed by atoms with van der Waals surface area (Å²) >= 11 is 0. The summed E-state index contributed by atoms with van der Waals surface area (Å²) in [5.41, 5.74) is 6.79. The minimum Gasteiger partial charge on any atom is -0.489 e. The van der Waals surface area contributed by atoms with Crippen LogP contribution < -0.4 is 15.8 Å². The Morgan fingerprint density at radius 3 is 2.23 bits per heavy atom. The number of amides is 2. The van der Waals surface area contributed by atoms with Crippen LogP contribution in [0.2, 0.25) is 0 Å². The Morgan fingerprint density at radius 2 is 1.55 bits per heavy atom. The second-order valence-electron chi connectivity index (χ2n) is 7.03. The van der Waals surface area contributed by atoms with Crippen molar-refractivity contribution < 1.29 is 23.1 Å². The number of rotatable bonds is 9. The zero-order valence-electron chi connectivity index (χ0n) is 16.7. The molecule has 0 fully saturated rings. The van der Waals surface area contributed by atoms with E-state index in [1.807, 2.05) is 30.3 Å². The van der Waals surface area contributed by atoms with Crippen LogP contribution in [0, 0.1) is 11.6 Å². The first-order chi connectivity index (χ1) is 14.9. The van der Waals surface area contributed by atoms with Gasteiger partial charge in [0.05, 0.1) is 6.42 Å². The summed E-state index contributed by atoms with van der Waals surface area (Å²) in [6, 6.07) is 19.0. The molecule has 0 heterocycles. The number of carbonyl (C=O) groups is 2. The van der Waals surface area contributed by atoms with Crippen LogP contribution in [0.15, 0.2) is 72.8 Å². The molecular formula is C24H22F2N2O3. The average molecular weight is 424 g/mol. The molecule has 5 nitrogen and oxygen atoms in total. The fourth-order valence-electron chi connectivity index (χ4n) is 3.07. The van der Waals surface area contributed by atoms with Crippen molar-refractivity contribution >= 4 is 11.8 Å². The summed E-state index contributed by atoms with van der Waals surface area (Å²) in [7, 11) is 0. The molecule has 3 aromatic rings. The molecule has 160 valence electrons. The number of hydrogen-bond acceptors (Lipinski definition) is 3. The van der Waals surface area contributed by atoms with Gasteiger partial charge in [0.1, 0.15) is 30.0 Å². The Bertz CT molecular complexity index is 1040. The maximum absolute atomic E-state index is 13.8. The summed E-state index contributed by atoms with van der Waals surface area (Å²) in [6.07, 6.45) is -0.425. The highest BCUT2D eigenvalue weighted by molar-refractivity contribution is 5.87. The monoisotopic (exact) mass is 424 g/mol. The van der Waals surface area contributed by atoms with Crippen molar-refractivity contribution in [3.05, 3.63) is 101 Å². The lowest BCUT2D eigenvalue weighted by Crippen LogP contribution is -2.46. The number of carbonyl (C=O) groups excluding carboxylic acids is 2. The number of nitrogens with two attached hydrogens (primary N) is 1. The molecule has 0 unspecified atom stereocenters. The van der Waals surface area contributed by atoms with E-state index in [0.717, 1.165) is 17.7 Å². The smallest absolute Gasteiger partial charge is 0.240 e. The van der Waals surface area contributed by atoms with Crippen molar-refractivity contribution in [2.75, 3.05) is 0 Å². The number of primary amides is 1. The zero-order valence-corrected chi connectivity index (χ0v) is 16.7. The van der Waals surface area contributed by atoms with Gasteiger partial charge in [0, 0.05) is 12.0 Å². The summed E-state index contributed by atoms with van der Waals surface area (Å²) in [5, 5.41) is 2.46. The lowest BCUT2D eigenvalue weighted by molar-refractivity contribution is -0.127. The maximum atomic E-state index is 13.8. The SMILES string of the molecule is NC(=O)[C@H](Cc1cccc(OCc2ccccc2)c1)NC(=O)Cc1c(F)cccc1F. The van der Waals surface area contributed by atoms with E-state index in [4.69, 9.17) is 10.5 Å². The average Bonchev–Trinajstić information content (AvgIpc) is 2.75. The molecule has 0 bridgehead atoms. The van der Waals surface area contributed by atoms with E-state index in [9.17, 15) is 18.4 Å². The third kappa shape index (κ3) is 6.37. The fraction of sp³-hybridized carbons (Fsp3) is 0.167. The molecule has 3 aromatic carbocycles. The minimum absolute atomic E-state index is 0.114. The molecule has 3 N–H and O–H groups in total. The second-order valence-corrected chi connectivity index (χ2v) is 7.03. The van der Waals surface area contributed by atoms with Crippen LogP contribution in [0.3, 0.4) is 0 Å². The van der Waals surface area contributed by atoms with E-state index < -0.39 is 35.9 Å². The molecule has 0 aliphatic rings. The fourth-order valence-corrected chi connectivity index (χ4v) is 3.07. The largest absolute Gasteiger partial charge is 0.489 e. The van der Waals surface area contributed by atoms with Crippen molar-refractivity contribution in [2.24, 2.45) is 5.73 Å². The molecule has 0 radical (unpaired) electrons. The summed E-state index contributed by atoms with van der Waals surface area (Å²) < 4.78 is 33.3. The molecule has 31 heavy (non-hydrogen) atoms. The van der Waals surface area contributed by atoms with Crippen molar-refractivity contribution in [3.8, 4) is 5.75 Å². The van der Waals surface area contributed by atoms with Gasteiger partial charge in [0.25, 0.3) is 0 Å². The molecule has 0 saturated heterocycles. The van der Waals surface area contributed by atoms with Crippen LogP contribution >= 0.6 is 0 Å². The molecule has 0 spiro atoms. The van der Waals surface area contributed by atoms with E-state index >= 15 is 0 Å². The van der Waals surface area contributed by atoms with Gasteiger partial charge in [-0.25, -0.2) is 8.78 Å². The van der Waals surface area contributed by atoms with E-state index in [-0.39, 0.29) is 12.0 Å². The predicted octanol–water partition coefficient (Wildman–Crippen LogP) is 3.30. The molecule has 0 aliphatic carbocycles. The minimum atomic E-state index is -1.04.